The van der Waals surface area contributed by atoms with Crippen molar-refractivity contribution in [3.05, 3.63) is 65.2 Å². The van der Waals surface area contributed by atoms with Crippen LogP contribution in [-0.2, 0) is 16.1 Å². The number of nitrogens with zero attached hydrogens (tertiary/aromatic N) is 1. The number of benzene rings is 2. The van der Waals surface area contributed by atoms with Crippen molar-refractivity contribution in [2.24, 2.45) is 0 Å². The first-order valence-corrected chi connectivity index (χ1v) is 11.7. The van der Waals surface area contributed by atoms with Crippen molar-refractivity contribution >= 4 is 11.8 Å². The molecule has 32 heavy (non-hydrogen) atoms. The van der Waals surface area contributed by atoms with Crippen molar-refractivity contribution in [2.45, 2.75) is 78.9 Å². The lowest BCUT2D eigenvalue weighted by atomic mass is 10.0. The number of carbonyl (C=O) groups is 2. The van der Waals surface area contributed by atoms with Gasteiger partial charge in [0, 0.05) is 19.0 Å². The number of aryl methyl sites for hydroxylation is 2. The molecule has 0 saturated carbocycles. The minimum absolute atomic E-state index is 0.0214. The van der Waals surface area contributed by atoms with E-state index < -0.39 is 6.04 Å². The zero-order chi connectivity index (χ0) is 23.5. The van der Waals surface area contributed by atoms with Gasteiger partial charge < -0.3 is 15.0 Å². The Kier molecular flexibility index (Phi) is 10.3. The van der Waals surface area contributed by atoms with E-state index in [0.717, 1.165) is 23.3 Å². The maximum Gasteiger partial charge on any atom is 0.243 e. The normalized spacial score (nSPS) is 12.7. The van der Waals surface area contributed by atoms with Crippen LogP contribution in [0.1, 0.15) is 63.1 Å². The molecule has 0 fully saturated rings. The van der Waals surface area contributed by atoms with Gasteiger partial charge in [-0.15, -0.1) is 0 Å². The molecule has 0 aromatic heterocycles. The summed E-state index contributed by atoms with van der Waals surface area (Å²) in [5.41, 5.74) is 3.36. The predicted octanol–water partition coefficient (Wildman–Crippen LogP) is 5.18. The standard InChI is InChI=1S/C27H38N2O3/c1-6-22(5)28-27(31)25(7-2)29(19-23-12-9-8-11-21(23)4)26(30)13-10-18-32-24-16-14-20(3)15-17-24/h8-9,11-12,14-17,22,25H,6-7,10,13,18-19H2,1-5H3,(H,28,31)/t22-,25+/m0/s1. The lowest BCUT2D eigenvalue weighted by molar-refractivity contribution is -0.141. The van der Waals surface area contributed by atoms with Crippen LogP contribution in [0.5, 0.6) is 5.75 Å². The summed E-state index contributed by atoms with van der Waals surface area (Å²) < 4.78 is 5.78. The number of nitrogens with one attached hydrogen (secondary N) is 1. The molecule has 2 amide bonds. The first-order valence-electron chi connectivity index (χ1n) is 11.7. The van der Waals surface area contributed by atoms with Crippen LogP contribution in [-0.4, -0.2) is 35.4 Å². The molecule has 0 unspecified atom stereocenters. The number of ether oxygens (including phenoxy) is 1. The van der Waals surface area contributed by atoms with Crippen LogP contribution < -0.4 is 10.1 Å². The minimum atomic E-state index is -0.492. The Hall–Kier alpha value is -2.82. The molecule has 0 bridgehead atoms. The maximum atomic E-state index is 13.3. The smallest absolute Gasteiger partial charge is 0.243 e. The molecule has 0 saturated heterocycles. The lowest BCUT2D eigenvalue weighted by Gasteiger charge is -2.32. The Morgan fingerprint density at radius 1 is 1.00 bits per heavy atom. The van der Waals surface area contributed by atoms with Crippen LogP contribution >= 0.6 is 0 Å². The molecule has 0 aliphatic heterocycles. The number of hydrogen-bond acceptors (Lipinski definition) is 3. The average Bonchev–Trinajstić information content (AvgIpc) is 2.78. The molecule has 0 aliphatic carbocycles. The molecule has 0 radical (unpaired) electrons. The number of hydrogen-bond donors (Lipinski definition) is 1. The Morgan fingerprint density at radius 3 is 2.31 bits per heavy atom. The lowest BCUT2D eigenvalue weighted by Crippen LogP contribution is -2.50. The van der Waals surface area contributed by atoms with Gasteiger partial charge in [0.2, 0.25) is 11.8 Å². The molecule has 0 aliphatic rings. The molecule has 5 nitrogen and oxygen atoms in total. The average molecular weight is 439 g/mol. The van der Waals surface area contributed by atoms with Gasteiger partial charge in [-0.1, -0.05) is 55.8 Å². The van der Waals surface area contributed by atoms with Gasteiger partial charge in [-0.2, -0.15) is 0 Å². The van der Waals surface area contributed by atoms with Crippen molar-refractivity contribution < 1.29 is 14.3 Å². The summed E-state index contributed by atoms with van der Waals surface area (Å²) in [7, 11) is 0. The van der Waals surface area contributed by atoms with Gasteiger partial charge in [0.05, 0.1) is 6.61 Å². The third kappa shape index (κ3) is 7.70. The first kappa shape index (κ1) is 25.4. The largest absolute Gasteiger partial charge is 0.494 e. The van der Waals surface area contributed by atoms with Crippen molar-refractivity contribution in [1.82, 2.24) is 10.2 Å². The summed E-state index contributed by atoms with van der Waals surface area (Å²) in [6.45, 7) is 10.9. The van der Waals surface area contributed by atoms with E-state index in [1.807, 2.05) is 83.1 Å². The topological polar surface area (TPSA) is 58.6 Å². The van der Waals surface area contributed by atoms with Crippen LogP contribution in [0, 0.1) is 13.8 Å². The second-order valence-electron chi connectivity index (χ2n) is 8.46. The van der Waals surface area contributed by atoms with E-state index in [0.29, 0.717) is 32.4 Å². The zero-order valence-electron chi connectivity index (χ0n) is 20.2. The van der Waals surface area contributed by atoms with Gasteiger partial charge in [0.15, 0.2) is 0 Å². The highest BCUT2D eigenvalue weighted by atomic mass is 16.5. The quantitative estimate of drug-likeness (QED) is 0.464. The second-order valence-corrected chi connectivity index (χ2v) is 8.46. The Morgan fingerprint density at radius 2 is 1.69 bits per heavy atom. The molecule has 2 aromatic carbocycles. The Labute approximate surface area is 193 Å². The van der Waals surface area contributed by atoms with Gasteiger partial charge in [0.1, 0.15) is 11.8 Å². The van der Waals surface area contributed by atoms with E-state index in [1.165, 1.54) is 5.56 Å². The Bertz CT molecular complexity index is 863. The Balaban J connectivity index is 2.07. The fourth-order valence-corrected chi connectivity index (χ4v) is 3.52. The van der Waals surface area contributed by atoms with Crippen molar-refractivity contribution in [3.8, 4) is 5.75 Å². The minimum Gasteiger partial charge on any atom is -0.494 e. The first-order chi connectivity index (χ1) is 15.3. The van der Waals surface area contributed by atoms with Crippen LogP contribution in [0.2, 0.25) is 0 Å². The third-order valence-electron chi connectivity index (χ3n) is 5.81. The number of amides is 2. The summed E-state index contributed by atoms with van der Waals surface area (Å²) in [6, 6.07) is 15.5. The van der Waals surface area contributed by atoms with Crippen LogP contribution in [0.25, 0.3) is 0 Å². The maximum absolute atomic E-state index is 13.3. The molecule has 2 rings (SSSR count). The SMILES string of the molecule is CC[C@H](C(=O)N[C@@H](C)CC)N(Cc1ccccc1C)C(=O)CCCOc1ccc(C)cc1. The molecular weight excluding hydrogens is 400 g/mol. The van der Waals surface area contributed by atoms with Gasteiger partial charge in [0.25, 0.3) is 0 Å². The summed E-state index contributed by atoms with van der Waals surface area (Å²) in [6.07, 6.45) is 2.36. The molecular formula is C27H38N2O3. The molecule has 2 aromatic rings. The number of rotatable bonds is 12. The highest BCUT2D eigenvalue weighted by Gasteiger charge is 2.29. The van der Waals surface area contributed by atoms with E-state index in [-0.39, 0.29) is 17.9 Å². The van der Waals surface area contributed by atoms with E-state index in [2.05, 4.69) is 5.32 Å². The molecule has 0 heterocycles. The van der Waals surface area contributed by atoms with Gasteiger partial charge >= 0.3 is 0 Å². The highest BCUT2D eigenvalue weighted by molar-refractivity contribution is 5.87. The highest BCUT2D eigenvalue weighted by Crippen LogP contribution is 2.18. The zero-order valence-corrected chi connectivity index (χ0v) is 20.2. The van der Waals surface area contributed by atoms with E-state index >= 15 is 0 Å². The van der Waals surface area contributed by atoms with Crippen LogP contribution in [0.3, 0.4) is 0 Å². The van der Waals surface area contributed by atoms with E-state index in [9.17, 15) is 9.59 Å². The van der Waals surface area contributed by atoms with Gasteiger partial charge in [-0.3, -0.25) is 9.59 Å². The van der Waals surface area contributed by atoms with Gasteiger partial charge in [-0.25, -0.2) is 0 Å². The summed E-state index contributed by atoms with van der Waals surface area (Å²) in [5.74, 6) is 0.700. The van der Waals surface area contributed by atoms with Crippen molar-refractivity contribution in [3.63, 3.8) is 0 Å². The van der Waals surface area contributed by atoms with Crippen molar-refractivity contribution in [1.29, 1.82) is 0 Å². The van der Waals surface area contributed by atoms with Crippen LogP contribution in [0.15, 0.2) is 48.5 Å². The molecule has 5 heteroatoms. The fourth-order valence-electron chi connectivity index (χ4n) is 3.52. The summed E-state index contributed by atoms with van der Waals surface area (Å²) in [5, 5.41) is 3.05. The molecule has 0 spiro atoms. The third-order valence-corrected chi connectivity index (χ3v) is 5.81. The van der Waals surface area contributed by atoms with Crippen LogP contribution in [0.4, 0.5) is 0 Å². The molecule has 174 valence electrons. The fraction of sp³-hybridized carbons (Fsp3) is 0.481. The second kappa shape index (κ2) is 12.9. The van der Waals surface area contributed by atoms with Gasteiger partial charge in [-0.05, 0) is 63.3 Å². The number of carbonyl (C=O) groups excluding carboxylic acids is 2. The predicted molar refractivity (Wildman–Crippen MR) is 130 cm³/mol. The van der Waals surface area contributed by atoms with E-state index in [4.69, 9.17) is 4.74 Å². The summed E-state index contributed by atoms with van der Waals surface area (Å²) >= 11 is 0. The van der Waals surface area contributed by atoms with Crippen molar-refractivity contribution in [2.75, 3.05) is 6.61 Å². The van der Waals surface area contributed by atoms with E-state index in [1.54, 1.807) is 4.90 Å². The molecule has 1 N–H and O–H groups in total. The molecule has 2 atom stereocenters. The monoisotopic (exact) mass is 438 g/mol. The summed E-state index contributed by atoms with van der Waals surface area (Å²) in [4.78, 5) is 28.0.